The van der Waals surface area contributed by atoms with Crippen LogP contribution in [0.1, 0.15) is 40.7 Å². The van der Waals surface area contributed by atoms with Gasteiger partial charge in [-0.1, -0.05) is 13.0 Å². The van der Waals surface area contributed by atoms with Crippen molar-refractivity contribution in [2.75, 3.05) is 0 Å². The molecule has 0 amide bonds. The summed E-state index contributed by atoms with van der Waals surface area (Å²) in [5.41, 5.74) is 8.48. The molecular weight excluding hydrogens is 254 g/mol. The molecule has 100 valence electrons. The van der Waals surface area contributed by atoms with E-state index >= 15 is 0 Å². The largest absolute Gasteiger partial charge is 0.322 e. The van der Waals surface area contributed by atoms with E-state index in [1.54, 1.807) is 6.20 Å². The topological polar surface area (TPSA) is 51.8 Å². The van der Waals surface area contributed by atoms with E-state index in [1.165, 1.54) is 23.4 Å². The molecular formula is C15H19N3S. The van der Waals surface area contributed by atoms with Crippen LogP contribution in [0.2, 0.25) is 0 Å². The van der Waals surface area contributed by atoms with Gasteiger partial charge in [-0.2, -0.15) is 0 Å². The lowest BCUT2D eigenvalue weighted by Gasteiger charge is -2.15. The van der Waals surface area contributed by atoms with Crippen LogP contribution in [0.15, 0.2) is 24.4 Å². The number of hydrogen-bond donors (Lipinski definition) is 1. The van der Waals surface area contributed by atoms with Gasteiger partial charge in [-0.25, -0.2) is 4.98 Å². The number of aryl methyl sites for hydroxylation is 1. The van der Waals surface area contributed by atoms with Gasteiger partial charge in [0.05, 0.1) is 22.4 Å². The van der Waals surface area contributed by atoms with Crippen LogP contribution in [0, 0.1) is 5.92 Å². The van der Waals surface area contributed by atoms with Crippen LogP contribution in [0.3, 0.4) is 0 Å². The SMILES string of the molecule is CC1CCc2nc(CC(N)c3ccccn3)sc2C1. The van der Waals surface area contributed by atoms with E-state index in [0.29, 0.717) is 0 Å². The van der Waals surface area contributed by atoms with E-state index < -0.39 is 0 Å². The number of thiazole rings is 1. The molecule has 1 aliphatic carbocycles. The maximum absolute atomic E-state index is 6.22. The number of rotatable bonds is 3. The highest BCUT2D eigenvalue weighted by atomic mass is 32.1. The van der Waals surface area contributed by atoms with Crippen molar-refractivity contribution in [2.24, 2.45) is 11.7 Å². The normalized spacial score (nSPS) is 20.0. The van der Waals surface area contributed by atoms with Gasteiger partial charge in [-0.05, 0) is 37.3 Å². The molecule has 2 heterocycles. The van der Waals surface area contributed by atoms with Crippen LogP contribution in [0.25, 0.3) is 0 Å². The molecule has 2 N–H and O–H groups in total. The zero-order valence-corrected chi connectivity index (χ0v) is 12.0. The van der Waals surface area contributed by atoms with Gasteiger partial charge < -0.3 is 5.73 Å². The van der Waals surface area contributed by atoms with E-state index in [1.807, 2.05) is 29.5 Å². The Bertz CT molecular complexity index is 550. The van der Waals surface area contributed by atoms with Gasteiger partial charge in [-0.3, -0.25) is 4.98 Å². The molecule has 3 nitrogen and oxygen atoms in total. The summed E-state index contributed by atoms with van der Waals surface area (Å²) < 4.78 is 0. The molecule has 0 spiro atoms. The first-order valence-corrected chi connectivity index (χ1v) is 7.68. The molecule has 2 atom stereocenters. The Morgan fingerprint density at radius 3 is 3.16 bits per heavy atom. The predicted molar refractivity (Wildman–Crippen MR) is 78.2 cm³/mol. The lowest BCUT2D eigenvalue weighted by molar-refractivity contribution is 0.501. The molecule has 2 aromatic heterocycles. The Morgan fingerprint density at radius 1 is 1.47 bits per heavy atom. The number of pyridine rings is 1. The molecule has 0 saturated heterocycles. The maximum atomic E-state index is 6.22. The summed E-state index contributed by atoms with van der Waals surface area (Å²) in [7, 11) is 0. The van der Waals surface area contributed by atoms with Crippen molar-refractivity contribution in [3.05, 3.63) is 45.7 Å². The summed E-state index contributed by atoms with van der Waals surface area (Å²) >= 11 is 1.84. The first-order chi connectivity index (χ1) is 9.22. The standard InChI is InChI=1S/C15H19N3S/c1-10-5-6-13-14(8-10)19-15(18-13)9-11(16)12-4-2-3-7-17-12/h2-4,7,10-11H,5-6,8-9,16H2,1H3. The summed E-state index contributed by atoms with van der Waals surface area (Å²) in [5, 5.41) is 1.16. The van der Waals surface area contributed by atoms with E-state index in [2.05, 4.69) is 11.9 Å². The quantitative estimate of drug-likeness (QED) is 0.935. The van der Waals surface area contributed by atoms with Crippen LogP contribution < -0.4 is 5.73 Å². The predicted octanol–water partition coefficient (Wildman–Crippen LogP) is 2.91. The van der Waals surface area contributed by atoms with Crippen molar-refractivity contribution in [2.45, 2.75) is 38.6 Å². The molecule has 0 saturated carbocycles. The first-order valence-electron chi connectivity index (χ1n) is 6.86. The van der Waals surface area contributed by atoms with Crippen LogP contribution in [0.4, 0.5) is 0 Å². The maximum Gasteiger partial charge on any atom is 0.0950 e. The van der Waals surface area contributed by atoms with Gasteiger partial charge in [0, 0.05) is 17.5 Å². The third kappa shape index (κ3) is 2.85. The zero-order valence-electron chi connectivity index (χ0n) is 11.2. The Labute approximate surface area is 117 Å². The molecule has 2 unspecified atom stereocenters. The molecule has 19 heavy (non-hydrogen) atoms. The van der Waals surface area contributed by atoms with Crippen molar-refractivity contribution in [1.82, 2.24) is 9.97 Å². The second-order valence-corrected chi connectivity index (χ2v) is 6.56. The van der Waals surface area contributed by atoms with Crippen molar-refractivity contribution in [3.63, 3.8) is 0 Å². The van der Waals surface area contributed by atoms with Crippen LogP contribution in [0.5, 0.6) is 0 Å². The lowest BCUT2D eigenvalue weighted by atomic mass is 9.93. The monoisotopic (exact) mass is 273 g/mol. The van der Waals surface area contributed by atoms with Crippen molar-refractivity contribution in [3.8, 4) is 0 Å². The first kappa shape index (κ1) is 12.8. The average molecular weight is 273 g/mol. The van der Waals surface area contributed by atoms with Gasteiger partial charge >= 0.3 is 0 Å². The molecule has 2 aromatic rings. The van der Waals surface area contributed by atoms with Gasteiger partial charge in [0.1, 0.15) is 0 Å². The Kier molecular flexibility index (Phi) is 3.62. The smallest absolute Gasteiger partial charge is 0.0950 e. The van der Waals surface area contributed by atoms with E-state index in [9.17, 15) is 0 Å². The van der Waals surface area contributed by atoms with Gasteiger partial charge in [0.2, 0.25) is 0 Å². The number of fused-ring (bicyclic) bond motifs is 1. The fraction of sp³-hybridized carbons (Fsp3) is 0.467. The lowest BCUT2D eigenvalue weighted by Crippen LogP contribution is -2.14. The Morgan fingerprint density at radius 2 is 2.37 bits per heavy atom. The van der Waals surface area contributed by atoms with Crippen molar-refractivity contribution >= 4 is 11.3 Å². The van der Waals surface area contributed by atoms with Crippen LogP contribution in [-0.4, -0.2) is 9.97 Å². The third-order valence-electron chi connectivity index (χ3n) is 3.69. The number of hydrogen-bond acceptors (Lipinski definition) is 4. The van der Waals surface area contributed by atoms with Crippen molar-refractivity contribution < 1.29 is 0 Å². The minimum absolute atomic E-state index is 0.0498. The van der Waals surface area contributed by atoms with E-state index in [4.69, 9.17) is 10.7 Å². The van der Waals surface area contributed by atoms with Crippen molar-refractivity contribution in [1.29, 1.82) is 0 Å². The van der Waals surface area contributed by atoms with E-state index in [0.717, 1.165) is 29.5 Å². The summed E-state index contributed by atoms with van der Waals surface area (Å²) in [5.74, 6) is 0.797. The van der Waals surface area contributed by atoms with Crippen LogP contribution in [-0.2, 0) is 19.3 Å². The fourth-order valence-corrected chi connectivity index (χ4v) is 3.91. The number of aromatic nitrogens is 2. The summed E-state index contributed by atoms with van der Waals surface area (Å²) in [4.78, 5) is 10.6. The molecule has 1 aliphatic rings. The van der Waals surface area contributed by atoms with Crippen LogP contribution >= 0.6 is 11.3 Å². The molecule has 4 heteroatoms. The molecule has 0 aliphatic heterocycles. The van der Waals surface area contributed by atoms with Gasteiger partial charge in [-0.15, -0.1) is 11.3 Å². The Balaban J connectivity index is 1.74. The molecule has 0 bridgehead atoms. The highest BCUT2D eigenvalue weighted by Crippen LogP contribution is 2.31. The molecule has 0 fully saturated rings. The summed E-state index contributed by atoms with van der Waals surface area (Å²) in [6.07, 6.45) is 6.17. The summed E-state index contributed by atoms with van der Waals surface area (Å²) in [6.45, 7) is 2.32. The molecule has 3 rings (SSSR count). The minimum atomic E-state index is -0.0498. The summed E-state index contributed by atoms with van der Waals surface area (Å²) in [6, 6.07) is 5.84. The molecule has 0 aromatic carbocycles. The highest BCUT2D eigenvalue weighted by molar-refractivity contribution is 7.11. The average Bonchev–Trinajstić information content (AvgIpc) is 2.81. The minimum Gasteiger partial charge on any atom is -0.322 e. The third-order valence-corrected chi connectivity index (χ3v) is 4.83. The van der Waals surface area contributed by atoms with Gasteiger partial charge in [0.15, 0.2) is 0 Å². The second kappa shape index (κ2) is 5.39. The Hall–Kier alpha value is -1.26. The highest BCUT2D eigenvalue weighted by Gasteiger charge is 2.20. The fourth-order valence-electron chi connectivity index (χ4n) is 2.57. The number of nitrogens with two attached hydrogens (primary N) is 1. The second-order valence-electron chi connectivity index (χ2n) is 5.39. The molecule has 0 radical (unpaired) electrons. The van der Waals surface area contributed by atoms with Gasteiger partial charge in [0.25, 0.3) is 0 Å². The number of nitrogens with zero attached hydrogens (tertiary/aromatic N) is 2. The van der Waals surface area contributed by atoms with E-state index in [-0.39, 0.29) is 6.04 Å². The zero-order chi connectivity index (χ0) is 13.2.